The Morgan fingerprint density at radius 2 is 2.18 bits per heavy atom. The molecule has 1 saturated carbocycles. The van der Waals surface area contributed by atoms with Crippen molar-refractivity contribution in [1.29, 1.82) is 0 Å². The second-order valence-corrected chi connectivity index (χ2v) is 5.36. The maximum Gasteiger partial charge on any atom is 0.138 e. The molecule has 1 N–H and O–H groups in total. The molecule has 2 unspecified atom stereocenters. The number of nitrogens with zero attached hydrogens (tertiary/aromatic N) is 3. The minimum absolute atomic E-state index is 0.407. The zero-order valence-electron chi connectivity index (χ0n) is 11.2. The van der Waals surface area contributed by atoms with Crippen molar-refractivity contribution in [2.45, 2.75) is 58.0 Å². The molecule has 0 spiro atoms. The Kier molecular flexibility index (Phi) is 4.15. The molecule has 0 aliphatic heterocycles. The molecular weight excluding hydrogens is 212 g/mol. The van der Waals surface area contributed by atoms with Gasteiger partial charge in [0.2, 0.25) is 0 Å². The van der Waals surface area contributed by atoms with Crippen LogP contribution in [-0.4, -0.2) is 27.9 Å². The van der Waals surface area contributed by atoms with Gasteiger partial charge < -0.3 is 5.32 Å². The normalized spacial score (nSPS) is 25.4. The summed E-state index contributed by atoms with van der Waals surface area (Å²) in [6, 6.07) is 1.06. The molecular formula is C13H24N4. The number of rotatable bonds is 4. The maximum atomic E-state index is 4.42. The molecule has 0 bridgehead atoms. The molecule has 2 atom stereocenters. The van der Waals surface area contributed by atoms with Gasteiger partial charge in [-0.05, 0) is 39.7 Å². The molecule has 1 aliphatic carbocycles. The third-order valence-corrected chi connectivity index (χ3v) is 3.86. The molecule has 0 saturated heterocycles. The van der Waals surface area contributed by atoms with Gasteiger partial charge in [-0.3, -0.25) is 0 Å². The molecule has 1 aromatic heterocycles. The molecule has 0 amide bonds. The molecule has 1 heterocycles. The molecule has 17 heavy (non-hydrogen) atoms. The van der Waals surface area contributed by atoms with E-state index >= 15 is 0 Å². The number of hydrogen-bond acceptors (Lipinski definition) is 3. The summed E-state index contributed by atoms with van der Waals surface area (Å²) in [6.45, 7) is 4.32. The summed E-state index contributed by atoms with van der Waals surface area (Å²) < 4.78 is 2.06. The fraction of sp³-hybridized carbons (Fsp3) is 0.846. The molecule has 1 aliphatic rings. The van der Waals surface area contributed by atoms with E-state index in [1.807, 2.05) is 0 Å². The van der Waals surface area contributed by atoms with Gasteiger partial charge in [0.15, 0.2) is 0 Å². The first-order valence-electron chi connectivity index (χ1n) is 6.78. The van der Waals surface area contributed by atoms with Crippen molar-refractivity contribution in [3.63, 3.8) is 0 Å². The van der Waals surface area contributed by atoms with E-state index in [0.29, 0.717) is 12.1 Å². The monoisotopic (exact) mass is 236 g/mol. The highest BCUT2D eigenvalue weighted by molar-refractivity contribution is 4.93. The lowest BCUT2D eigenvalue weighted by atomic mass is 9.82. The predicted molar refractivity (Wildman–Crippen MR) is 68.9 cm³/mol. The molecule has 4 heteroatoms. The highest BCUT2D eigenvalue weighted by atomic mass is 15.3. The fourth-order valence-corrected chi connectivity index (χ4v) is 2.92. The summed E-state index contributed by atoms with van der Waals surface area (Å²) >= 11 is 0. The van der Waals surface area contributed by atoms with E-state index in [0.717, 1.165) is 18.2 Å². The van der Waals surface area contributed by atoms with E-state index in [1.165, 1.54) is 25.7 Å². The van der Waals surface area contributed by atoms with Gasteiger partial charge in [0.1, 0.15) is 12.2 Å². The summed E-state index contributed by atoms with van der Waals surface area (Å²) in [5, 5.41) is 7.77. The van der Waals surface area contributed by atoms with Crippen molar-refractivity contribution >= 4 is 0 Å². The highest BCUT2D eigenvalue weighted by Crippen LogP contribution is 2.27. The summed E-state index contributed by atoms with van der Waals surface area (Å²) in [7, 11) is 2.08. The van der Waals surface area contributed by atoms with Crippen LogP contribution < -0.4 is 5.32 Å². The highest BCUT2D eigenvalue weighted by Gasteiger charge is 2.25. The third-order valence-electron chi connectivity index (χ3n) is 3.86. The zero-order valence-corrected chi connectivity index (χ0v) is 11.2. The Balaban J connectivity index is 2.05. The van der Waals surface area contributed by atoms with Gasteiger partial charge in [-0.1, -0.05) is 12.8 Å². The molecule has 0 aromatic carbocycles. The number of aromatic nitrogens is 3. The zero-order chi connectivity index (χ0) is 12.3. The van der Waals surface area contributed by atoms with Crippen molar-refractivity contribution in [2.24, 2.45) is 5.92 Å². The molecule has 2 rings (SSSR count). The number of hydrogen-bond donors (Lipinski definition) is 1. The quantitative estimate of drug-likeness (QED) is 0.871. The van der Waals surface area contributed by atoms with Crippen molar-refractivity contribution in [3.8, 4) is 0 Å². The van der Waals surface area contributed by atoms with Crippen LogP contribution in [0.1, 0.15) is 51.4 Å². The second kappa shape index (κ2) is 5.63. The van der Waals surface area contributed by atoms with Crippen molar-refractivity contribution in [2.75, 3.05) is 7.05 Å². The minimum Gasteiger partial charge on any atom is -0.317 e. The summed E-state index contributed by atoms with van der Waals surface area (Å²) in [5.41, 5.74) is 0. The SMILES string of the molecule is CNC1CCCCC1Cc1ncnn1C(C)C. The lowest BCUT2D eigenvalue weighted by Gasteiger charge is -2.31. The van der Waals surface area contributed by atoms with Crippen LogP contribution in [0.15, 0.2) is 6.33 Å². The lowest BCUT2D eigenvalue weighted by Crippen LogP contribution is -2.37. The standard InChI is InChI=1S/C13H24N4/c1-10(2)17-13(15-9-16-17)8-11-6-4-5-7-12(11)14-3/h9-12,14H,4-8H2,1-3H3. The summed E-state index contributed by atoms with van der Waals surface area (Å²) in [5.74, 6) is 1.86. The molecule has 1 fully saturated rings. The van der Waals surface area contributed by atoms with Crippen LogP contribution in [0.5, 0.6) is 0 Å². The smallest absolute Gasteiger partial charge is 0.138 e. The van der Waals surface area contributed by atoms with Crippen molar-refractivity contribution < 1.29 is 0 Å². The molecule has 4 nitrogen and oxygen atoms in total. The van der Waals surface area contributed by atoms with Crippen LogP contribution in [0, 0.1) is 5.92 Å². The Morgan fingerprint density at radius 1 is 1.41 bits per heavy atom. The Labute approximate surface area is 104 Å². The number of nitrogens with one attached hydrogen (secondary N) is 1. The average Bonchev–Trinajstić information content (AvgIpc) is 2.78. The van der Waals surface area contributed by atoms with Crippen LogP contribution >= 0.6 is 0 Å². The topological polar surface area (TPSA) is 42.7 Å². The van der Waals surface area contributed by atoms with Crippen molar-refractivity contribution in [1.82, 2.24) is 20.1 Å². The van der Waals surface area contributed by atoms with E-state index in [-0.39, 0.29) is 0 Å². The van der Waals surface area contributed by atoms with Crippen LogP contribution in [0.25, 0.3) is 0 Å². The van der Waals surface area contributed by atoms with E-state index in [4.69, 9.17) is 0 Å². The summed E-state index contributed by atoms with van der Waals surface area (Å²) in [6.07, 6.45) is 8.08. The van der Waals surface area contributed by atoms with Gasteiger partial charge in [0, 0.05) is 18.5 Å². The van der Waals surface area contributed by atoms with Crippen LogP contribution in [-0.2, 0) is 6.42 Å². The van der Waals surface area contributed by atoms with Gasteiger partial charge in [0.25, 0.3) is 0 Å². The van der Waals surface area contributed by atoms with Gasteiger partial charge in [-0.15, -0.1) is 0 Å². The first-order chi connectivity index (χ1) is 8.22. The second-order valence-electron chi connectivity index (χ2n) is 5.36. The first kappa shape index (κ1) is 12.6. The average molecular weight is 236 g/mol. The fourth-order valence-electron chi connectivity index (χ4n) is 2.92. The van der Waals surface area contributed by atoms with Crippen LogP contribution in [0.4, 0.5) is 0 Å². The van der Waals surface area contributed by atoms with Crippen LogP contribution in [0.2, 0.25) is 0 Å². The van der Waals surface area contributed by atoms with Gasteiger partial charge in [-0.25, -0.2) is 9.67 Å². The first-order valence-corrected chi connectivity index (χ1v) is 6.78. The van der Waals surface area contributed by atoms with E-state index < -0.39 is 0 Å². The molecule has 1 aromatic rings. The minimum atomic E-state index is 0.407. The predicted octanol–water partition coefficient (Wildman–Crippen LogP) is 2.18. The third kappa shape index (κ3) is 2.86. The van der Waals surface area contributed by atoms with Gasteiger partial charge in [-0.2, -0.15) is 5.10 Å². The summed E-state index contributed by atoms with van der Waals surface area (Å²) in [4.78, 5) is 4.42. The van der Waals surface area contributed by atoms with E-state index in [1.54, 1.807) is 6.33 Å². The van der Waals surface area contributed by atoms with E-state index in [2.05, 4.69) is 41.0 Å². The maximum absolute atomic E-state index is 4.42. The van der Waals surface area contributed by atoms with Gasteiger partial charge in [0.05, 0.1) is 0 Å². The lowest BCUT2D eigenvalue weighted by molar-refractivity contribution is 0.265. The largest absolute Gasteiger partial charge is 0.317 e. The van der Waals surface area contributed by atoms with Gasteiger partial charge >= 0.3 is 0 Å². The molecule has 0 radical (unpaired) electrons. The van der Waals surface area contributed by atoms with Crippen molar-refractivity contribution in [3.05, 3.63) is 12.2 Å². The molecule has 96 valence electrons. The Bertz CT molecular complexity index is 345. The van der Waals surface area contributed by atoms with Crippen LogP contribution in [0.3, 0.4) is 0 Å². The Morgan fingerprint density at radius 3 is 2.88 bits per heavy atom. The van der Waals surface area contributed by atoms with E-state index in [9.17, 15) is 0 Å². The Hall–Kier alpha value is -0.900.